The van der Waals surface area contributed by atoms with Gasteiger partial charge < -0.3 is 15.1 Å². The van der Waals surface area contributed by atoms with Crippen molar-refractivity contribution in [3.05, 3.63) is 35.4 Å². The molecule has 1 saturated carbocycles. The summed E-state index contributed by atoms with van der Waals surface area (Å²) in [4.78, 5) is 20.0. The van der Waals surface area contributed by atoms with Crippen LogP contribution in [0, 0.1) is 6.92 Å². The van der Waals surface area contributed by atoms with Crippen LogP contribution in [0.3, 0.4) is 0 Å². The van der Waals surface area contributed by atoms with Crippen LogP contribution in [0.4, 0.5) is 4.79 Å². The first kappa shape index (κ1) is 17.8. The third-order valence-corrected chi connectivity index (χ3v) is 5.14. The number of hydrogen-bond acceptors (Lipinski definition) is 3. The Bertz CT molecular complexity index is 606. The van der Waals surface area contributed by atoms with Crippen molar-refractivity contribution >= 4 is 11.7 Å². The quantitative estimate of drug-likeness (QED) is 0.883. The highest BCUT2D eigenvalue weighted by atomic mass is 16.6. The second-order valence-corrected chi connectivity index (χ2v) is 7.16. The highest BCUT2D eigenvalue weighted by Gasteiger charge is 2.27. The highest BCUT2D eigenvalue weighted by Crippen LogP contribution is 2.20. The molecule has 136 valence electrons. The molecule has 5 nitrogen and oxygen atoms in total. The van der Waals surface area contributed by atoms with Crippen molar-refractivity contribution in [2.45, 2.75) is 64.5 Å². The van der Waals surface area contributed by atoms with E-state index in [0.717, 1.165) is 30.5 Å². The summed E-state index contributed by atoms with van der Waals surface area (Å²) >= 11 is 0. The van der Waals surface area contributed by atoms with Crippen molar-refractivity contribution in [2.24, 2.45) is 5.16 Å². The van der Waals surface area contributed by atoms with Gasteiger partial charge in [-0.3, -0.25) is 0 Å². The van der Waals surface area contributed by atoms with Crippen molar-refractivity contribution in [1.29, 1.82) is 0 Å². The maximum atomic E-state index is 12.5. The molecule has 5 heteroatoms. The van der Waals surface area contributed by atoms with Gasteiger partial charge in [-0.25, -0.2) is 4.79 Å². The maximum absolute atomic E-state index is 12.5. The van der Waals surface area contributed by atoms with Gasteiger partial charge in [0.05, 0.1) is 12.3 Å². The van der Waals surface area contributed by atoms with E-state index in [4.69, 9.17) is 4.84 Å². The first-order valence-corrected chi connectivity index (χ1v) is 9.51. The van der Waals surface area contributed by atoms with E-state index >= 15 is 0 Å². The predicted octanol–water partition coefficient (Wildman–Crippen LogP) is 3.85. The van der Waals surface area contributed by atoms with Gasteiger partial charge in [0.15, 0.2) is 6.10 Å². The molecule has 2 amide bonds. The molecule has 25 heavy (non-hydrogen) atoms. The fourth-order valence-electron chi connectivity index (χ4n) is 3.56. The lowest BCUT2D eigenvalue weighted by Crippen LogP contribution is -2.47. The number of urea groups is 1. The number of likely N-dealkylation sites (N-methyl/N-ethyl adjacent to an activating group) is 1. The van der Waals surface area contributed by atoms with Crippen LogP contribution < -0.4 is 5.32 Å². The number of benzene rings is 1. The van der Waals surface area contributed by atoms with E-state index < -0.39 is 0 Å². The first-order valence-electron chi connectivity index (χ1n) is 9.51. The van der Waals surface area contributed by atoms with Gasteiger partial charge in [-0.15, -0.1) is 0 Å². The number of nitrogens with one attached hydrogen (secondary N) is 1. The molecule has 1 heterocycles. The van der Waals surface area contributed by atoms with Gasteiger partial charge in [0, 0.05) is 19.0 Å². The summed E-state index contributed by atoms with van der Waals surface area (Å²) in [5.41, 5.74) is 3.30. The van der Waals surface area contributed by atoms with Crippen LogP contribution in [-0.4, -0.2) is 41.9 Å². The lowest BCUT2D eigenvalue weighted by Gasteiger charge is -2.28. The second-order valence-electron chi connectivity index (χ2n) is 7.16. The monoisotopic (exact) mass is 343 g/mol. The second kappa shape index (κ2) is 8.37. The molecule has 1 aromatic rings. The minimum absolute atomic E-state index is 0.0294. The van der Waals surface area contributed by atoms with Crippen LogP contribution in [0.25, 0.3) is 0 Å². The third-order valence-electron chi connectivity index (χ3n) is 5.14. The van der Waals surface area contributed by atoms with Gasteiger partial charge in [0.2, 0.25) is 0 Å². The third kappa shape index (κ3) is 4.74. The predicted molar refractivity (Wildman–Crippen MR) is 99.9 cm³/mol. The zero-order valence-corrected chi connectivity index (χ0v) is 15.3. The number of carbonyl (C=O) groups excluding carboxylic acids is 1. The van der Waals surface area contributed by atoms with Gasteiger partial charge in [-0.05, 0) is 32.3 Å². The van der Waals surface area contributed by atoms with Gasteiger partial charge >= 0.3 is 6.03 Å². The van der Waals surface area contributed by atoms with E-state index in [0.29, 0.717) is 19.1 Å². The van der Waals surface area contributed by atoms with Crippen molar-refractivity contribution in [2.75, 3.05) is 13.1 Å². The van der Waals surface area contributed by atoms with Crippen molar-refractivity contribution < 1.29 is 9.63 Å². The molecule has 2 aliphatic rings. The Morgan fingerprint density at radius 2 is 1.96 bits per heavy atom. The summed E-state index contributed by atoms with van der Waals surface area (Å²) in [6.07, 6.45) is 6.61. The van der Waals surface area contributed by atoms with E-state index in [2.05, 4.69) is 41.7 Å². The van der Waals surface area contributed by atoms with Crippen molar-refractivity contribution in [3.8, 4) is 0 Å². The Morgan fingerprint density at radius 1 is 1.24 bits per heavy atom. The van der Waals surface area contributed by atoms with E-state index in [1.807, 2.05) is 11.8 Å². The number of rotatable bonds is 5. The van der Waals surface area contributed by atoms with Crippen molar-refractivity contribution in [1.82, 2.24) is 10.2 Å². The fraction of sp³-hybridized carbons (Fsp3) is 0.600. The SMILES string of the molecule is CCN(CC1CC(c2ccc(C)cc2)=NO1)C(=O)NC1CCCCC1. The van der Waals surface area contributed by atoms with Gasteiger partial charge in [0.1, 0.15) is 0 Å². The molecule has 1 fully saturated rings. The molecule has 1 atom stereocenters. The number of oxime groups is 1. The van der Waals surface area contributed by atoms with E-state index in [1.54, 1.807) is 0 Å². The van der Waals surface area contributed by atoms with Crippen LogP contribution in [0.5, 0.6) is 0 Å². The summed E-state index contributed by atoms with van der Waals surface area (Å²) in [6.45, 7) is 5.34. The fourth-order valence-corrected chi connectivity index (χ4v) is 3.56. The lowest BCUT2D eigenvalue weighted by molar-refractivity contribution is 0.0610. The molecule has 0 saturated heterocycles. The Labute approximate surface area is 150 Å². The standard InChI is InChI=1S/C20H29N3O2/c1-3-23(20(24)21-17-7-5-4-6-8-17)14-18-13-19(22-25-18)16-11-9-15(2)10-12-16/h9-12,17-18H,3-8,13-14H2,1-2H3,(H,21,24). The number of aryl methyl sites for hydroxylation is 1. The highest BCUT2D eigenvalue weighted by molar-refractivity contribution is 6.01. The van der Waals surface area contributed by atoms with Crippen LogP contribution in [0.2, 0.25) is 0 Å². The summed E-state index contributed by atoms with van der Waals surface area (Å²) in [5, 5.41) is 7.42. The zero-order valence-electron chi connectivity index (χ0n) is 15.3. The first-order chi connectivity index (χ1) is 12.2. The molecular weight excluding hydrogens is 314 g/mol. The summed E-state index contributed by atoms with van der Waals surface area (Å²) in [5.74, 6) is 0. The summed E-state index contributed by atoms with van der Waals surface area (Å²) in [7, 11) is 0. The molecule has 0 spiro atoms. The Morgan fingerprint density at radius 3 is 2.64 bits per heavy atom. The van der Waals surface area contributed by atoms with E-state index in [1.165, 1.54) is 24.8 Å². The molecule has 0 aromatic heterocycles. The van der Waals surface area contributed by atoms with Gasteiger partial charge in [-0.2, -0.15) is 0 Å². The number of carbonyl (C=O) groups is 1. The van der Waals surface area contributed by atoms with Gasteiger partial charge in [0.25, 0.3) is 0 Å². The van der Waals surface area contributed by atoms with Crippen LogP contribution in [0.15, 0.2) is 29.4 Å². The van der Waals surface area contributed by atoms with Gasteiger partial charge in [-0.1, -0.05) is 54.2 Å². The van der Waals surface area contributed by atoms with E-state index in [-0.39, 0.29) is 12.1 Å². The van der Waals surface area contributed by atoms with Crippen LogP contribution in [-0.2, 0) is 4.84 Å². The molecular formula is C20H29N3O2. The molecule has 1 aliphatic carbocycles. The molecule has 3 rings (SSSR count). The zero-order chi connectivity index (χ0) is 17.6. The molecule has 1 unspecified atom stereocenters. The summed E-state index contributed by atoms with van der Waals surface area (Å²) in [6, 6.07) is 8.68. The number of amides is 2. The van der Waals surface area contributed by atoms with Crippen LogP contribution >= 0.6 is 0 Å². The Kier molecular flexibility index (Phi) is 5.95. The molecule has 1 N–H and O–H groups in total. The molecule has 0 radical (unpaired) electrons. The maximum Gasteiger partial charge on any atom is 0.317 e. The molecule has 0 bridgehead atoms. The number of hydrogen-bond donors (Lipinski definition) is 1. The average Bonchev–Trinajstić information content (AvgIpc) is 3.09. The van der Waals surface area contributed by atoms with Crippen molar-refractivity contribution in [3.63, 3.8) is 0 Å². The minimum Gasteiger partial charge on any atom is -0.390 e. The minimum atomic E-state index is -0.0617. The lowest BCUT2D eigenvalue weighted by atomic mass is 9.96. The van der Waals surface area contributed by atoms with E-state index in [9.17, 15) is 4.79 Å². The smallest absolute Gasteiger partial charge is 0.317 e. The summed E-state index contributed by atoms with van der Waals surface area (Å²) < 4.78 is 0. The normalized spacial score (nSPS) is 20.7. The topological polar surface area (TPSA) is 53.9 Å². The Hall–Kier alpha value is -2.04. The largest absolute Gasteiger partial charge is 0.390 e. The molecule has 1 aromatic carbocycles. The van der Waals surface area contributed by atoms with Crippen LogP contribution in [0.1, 0.15) is 56.6 Å². The number of nitrogens with zero attached hydrogens (tertiary/aromatic N) is 2. The Balaban J connectivity index is 1.50. The molecule has 1 aliphatic heterocycles. The average molecular weight is 343 g/mol.